The Hall–Kier alpha value is -1.51. The van der Waals surface area contributed by atoms with Gasteiger partial charge in [0.1, 0.15) is 15.4 Å². The number of ether oxygens (including phenoxy) is 1. The van der Waals surface area contributed by atoms with E-state index in [2.05, 4.69) is 15.6 Å². The second-order valence-electron chi connectivity index (χ2n) is 6.94. The van der Waals surface area contributed by atoms with Crippen LogP contribution in [0.5, 0.6) is 0 Å². The molecule has 0 bridgehead atoms. The lowest BCUT2D eigenvalue weighted by Gasteiger charge is -2.23. The van der Waals surface area contributed by atoms with Crippen LogP contribution in [0.4, 0.5) is 4.79 Å². The van der Waals surface area contributed by atoms with Gasteiger partial charge in [0.05, 0.1) is 18.3 Å². The molecule has 0 aromatic carbocycles. The molecular weight excluding hydrogens is 332 g/mol. The third-order valence-electron chi connectivity index (χ3n) is 3.27. The molecule has 0 saturated carbocycles. The summed E-state index contributed by atoms with van der Waals surface area (Å²) in [5, 5.41) is 6.02. The van der Waals surface area contributed by atoms with Crippen molar-refractivity contribution in [2.24, 2.45) is 4.99 Å². The molecule has 8 nitrogen and oxygen atoms in total. The zero-order valence-electron chi connectivity index (χ0n) is 15.3. The number of carbonyl (C=O) groups is 1. The maximum absolute atomic E-state index is 11.8. The summed E-state index contributed by atoms with van der Waals surface area (Å²) in [6, 6.07) is -0.0152. The number of hydrogen-bond acceptors (Lipinski definition) is 5. The number of hydrogen-bond donors (Lipinski definition) is 2. The molecule has 1 aliphatic heterocycles. The standard InChI is InChI=1S/C15H30N4O4S/c1-6-16-13(17-8-10-24(5,21)22)19-9-7-12(11-19)18-14(20)23-15(2,3)4/h12H,6-11H2,1-5H3,(H,16,17)(H,18,20). The third kappa shape index (κ3) is 8.37. The number of amides is 1. The number of guanidine groups is 1. The number of sulfone groups is 1. The molecule has 1 rings (SSSR count). The molecule has 1 heterocycles. The average molecular weight is 362 g/mol. The van der Waals surface area contributed by atoms with E-state index in [0.717, 1.165) is 13.0 Å². The highest BCUT2D eigenvalue weighted by molar-refractivity contribution is 7.90. The van der Waals surface area contributed by atoms with Crippen molar-refractivity contribution in [1.29, 1.82) is 0 Å². The molecule has 0 aliphatic carbocycles. The molecule has 1 saturated heterocycles. The van der Waals surface area contributed by atoms with E-state index in [1.54, 1.807) is 0 Å². The molecule has 140 valence electrons. The van der Waals surface area contributed by atoms with Crippen LogP contribution in [0.15, 0.2) is 4.99 Å². The largest absolute Gasteiger partial charge is 0.444 e. The van der Waals surface area contributed by atoms with E-state index in [-0.39, 0.29) is 18.3 Å². The Kier molecular flexibility index (Phi) is 7.31. The fraction of sp³-hybridized carbons (Fsp3) is 0.867. The van der Waals surface area contributed by atoms with Crippen LogP contribution in [-0.4, -0.2) is 75.2 Å². The minimum Gasteiger partial charge on any atom is -0.444 e. The SMILES string of the molecule is CCNC(=NCCS(C)(=O)=O)N1CCC(NC(=O)OC(C)(C)C)C1. The zero-order chi connectivity index (χ0) is 18.4. The highest BCUT2D eigenvalue weighted by atomic mass is 32.2. The summed E-state index contributed by atoms with van der Waals surface area (Å²) in [7, 11) is -3.03. The lowest BCUT2D eigenvalue weighted by molar-refractivity contribution is 0.0507. The van der Waals surface area contributed by atoms with Gasteiger partial charge in [-0.05, 0) is 34.1 Å². The fourth-order valence-electron chi connectivity index (χ4n) is 2.29. The van der Waals surface area contributed by atoms with Gasteiger partial charge in [-0.15, -0.1) is 0 Å². The van der Waals surface area contributed by atoms with Crippen LogP contribution in [0.1, 0.15) is 34.1 Å². The molecule has 0 aromatic heterocycles. The van der Waals surface area contributed by atoms with E-state index in [1.807, 2.05) is 32.6 Å². The predicted molar refractivity (Wildman–Crippen MR) is 95.0 cm³/mol. The number of nitrogens with one attached hydrogen (secondary N) is 2. The van der Waals surface area contributed by atoms with Gasteiger partial charge in [0.15, 0.2) is 5.96 Å². The first-order chi connectivity index (χ1) is 11.0. The van der Waals surface area contributed by atoms with Crippen molar-refractivity contribution < 1.29 is 17.9 Å². The molecule has 1 aliphatic rings. The lowest BCUT2D eigenvalue weighted by atomic mass is 10.2. The summed E-state index contributed by atoms with van der Waals surface area (Å²) in [6.07, 6.45) is 1.57. The normalized spacial score (nSPS) is 19.3. The molecule has 9 heteroatoms. The summed E-state index contributed by atoms with van der Waals surface area (Å²) in [5.41, 5.74) is -0.523. The van der Waals surface area contributed by atoms with Gasteiger partial charge in [0.2, 0.25) is 0 Å². The number of likely N-dealkylation sites (tertiary alicyclic amines) is 1. The molecule has 2 N–H and O–H groups in total. The third-order valence-corrected chi connectivity index (χ3v) is 4.19. The van der Waals surface area contributed by atoms with E-state index in [1.165, 1.54) is 6.26 Å². The Morgan fingerprint density at radius 3 is 2.58 bits per heavy atom. The molecule has 0 radical (unpaired) electrons. The first kappa shape index (κ1) is 20.5. The highest BCUT2D eigenvalue weighted by Gasteiger charge is 2.27. The average Bonchev–Trinajstić information content (AvgIpc) is 2.82. The van der Waals surface area contributed by atoms with Gasteiger partial charge in [-0.1, -0.05) is 0 Å². The lowest BCUT2D eigenvalue weighted by Crippen LogP contribution is -2.44. The predicted octanol–water partition coefficient (Wildman–Crippen LogP) is 0.596. The maximum atomic E-state index is 11.8. The molecule has 0 spiro atoms. The minimum atomic E-state index is -3.03. The number of aliphatic imine (C=N–C) groups is 1. The molecule has 0 aromatic rings. The smallest absolute Gasteiger partial charge is 0.407 e. The van der Waals surface area contributed by atoms with Crippen LogP contribution in [0, 0.1) is 0 Å². The van der Waals surface area contributed by atoms with Gasteiger partial charge >= 0.3 is 6.09 Å². The number of alkyl carbamates (subject to hydrolysis) is 1. The topological polar surface area (TPSA) is 100 Å². The van der Waals surface area contributed by atoms with Crippen LogP contribution in [0.2, 0.25) is 0 Å². The number of rotatable bonds is 5. The van der Waals surface area contributed by atoms with E-state index >= 15 is 0 Å². The number of nitrogens with zero attached hydrogens (tertiary/aromatic N) is 2. The van der Waals surface area contributed by atoms with Gasteiger partial charge in [-0.3, -0.25) is 4.99 Å². The molecule has 1 amide bonds. The molecule has 1 atom stereocenters. The van der Waals surface area contributed by atoms with Crippen molar-refractivity contribution in [2.75, 3.05) is 38.2 Å². The van der Waals surface area contributed by atoms with Crippen LogP contribution in [0.25, 0.3) is 0 Å². The van der Waals surface area contributed by atoms with Crippen molar-refractivity contribution >= 4 is 21.9 Å². The summed E-state index contributed by atoms with van der Waals surface area (Å²) < 4.78 is 27.7. The Bertz CT molecular complexity index is 554. The van der Waals surface area contributed by atoms with Crippen LogP contribution in [-0.2, 0) is 14.6 Å². The second kappa shape index (κ2) is 8.55. The highest BCUT2D eigenvalue weighted by Crippen LogP contribution is 2.12. The Morgan fingerprint density at radius 2 is 2.04 bits per heavy atom. The Labute approximate surface area is 144 Å². The van der Waals surface area contributed by atoms with E-state index < -0.39 is 21.5 Å². The number of carbonyl (C=O) groups excluding carboxylic acids is 1. The van der Waals surface area contributed by atoms with Gasteiger partial charge in [0.25, 0.3) is 0 Å². The first-order valence-corrected chi connectivity index (χ1v) is 10.3. The molecule has 24 heavy (non-hydrogen) atoms. The summed E-state index contributed by atoms with van der Waals surface area (Å²) in [6.45, 7) is 9.70. The van der Waals surface area contributed by atoms with Crippen LogP contribution < -0.4 is 10.6 Å². The van der Waals surface area contributed by atoms with E-state index in [4.69, 9.17) is 4.74 Å². The summed E-state index contributed by atoms with van der Waals surface area (Å²) >= 11 is 0. The van der Waals surface area contributed by atoms with Crippen molar-refractivity contribution in [1.82, 2.24) is 15.5 Å². The second-order valence-corrected chi connectivity index (χ2v) is 9.20. The van der Waals surface area contributed by atoms with Crippen LogP contribution in [0.3, 0.4) is 0 Å². The minimum absolute atomic E-state index is 0.0152. The van der Waals surface area contributed by atoms with Gasteiger partial charge in [0, 0.05) is 25.9 Å². The van der Waals surface area contributed by atoms with Gasteiger partial charge in [-0.2, -0.15) is 0 Å². The monoisotopic (exact) mass is 362 g/mol. The van der Waals surface area contributed by atoms with Crippen molar-refractivity contribution in [3.8, 4) is 0 Å². The van der Waals surface area contributed by atoms with Gasteiger partial charge < -0.3 is 20.3 Å². The fourth-order valence-corrected chi connectivity index (χ4v) is 2.71. The van der Waals surface area contributed by atoms with Crippen LogP contribution >= 0.6 is 0 Å². The molecule has 1 unspecified atom stereocenters. The Balaban J connectivity index is 2.56. The summed E-state index contributed by atoms with van der Waals surface area (Å²) in [4.78, 5) is 18.2. The van der Waals surface area contributed by atoms with E-state index in [0.29, 0.717) is 19.0 Å². The quantitative estimate of drug-likeness (QED) is 0.549. The Morgan fingerprint density at radius 1 is 1.38 bits per heavy atom. The van der Waals surface area contributed by atoms with Crippen molar-refractivity contribution in [2.45, 2.75) is 45.8 Å². The van der Waals surface area contributed by atoms with Crippen molar-refractivity contribution in [3.63, 3.8) is 0 Å². The molecule has 1 fully saturated rings. The van der Waals surface area contributed by atoms with E-state index in [9.17, 15) is 13.2 Å². The van der Waals surface area contributed by atoms with Crippen molar-refractivity contribution in [3.05, 3.63) is 0 Å². The summed E-state index contributed by atoms with van der Waals surface area (Å²) in [5.74, 6) is 0.699. The molecular formula is C15H30N4O4S. The maximum Gasteiger partial charge on any atom is 0.407 e. The zero-order valence-corrected chi connectivity index (χ0v) is 16.1. The first-order valence-electron chi connectivity index (χ1n) is 8.20. The van der Waals surface area contributed by atoms with Gasteiger partial charge in [-0.25, -0.2) is 13.2 Å².